The molecule has 0 atom stereocenters. The van der Waals surface area contributed by atoms with Gasteiger partial charge in [0, 0.05) is 12.2 Å². The summed E-state index contributed by atoms with van der Waals surface area (Å²) >= 11 is 0. The van der Waals surface area contributed by atoms with Crippen LogP contribution in [-0.2, 0) is 6.54 Å². The molecule has 122 valence electrons. The zero-order chi connectivity index (χ0) is 16.9. The summed E-state index contributed by atoms with van der Waals surface area (Å²) in [5.74, 6) is 1.18. The summed E-state index contributed by atoms with van der Waals surface area (Å²) in [5.41, 5.74) is 5.85. The van der Waals surface area contributed by atoms with Gasteiger partial charge in [-0.25, -0.2) is 0 Å². The molecule has 1 aromatic heterocycles. The van der Waals surface area contributed by atoms with E-state index >= 15 is 0 Å². The van der Waals surface area contributed by atoms with E-state index in [0.717, 1.165) is 5.69 Å². The van der Waals surface area contributed by atoms with Crippen LogP contribution in [0.3, 0.4) is 0 Å². The number of nitrogens with one attached hydrogen (secondary N) is 2. The maximum absolute atomic E-state index is 4.48. The predicted octanol–water partition coefficient (Wildman–Crippen LogP) is 4.15. The summed E-state index contributed by atoms with van der Waals surface area (Å²) in [6.45, 7) is 6.93. The molecule has 24 heavy (non-hydrogen) atoms. The molecule has 3 rings (SSSR count). The van der Waals surface area contributed by atoms with E-state index in [0.29, 0.717) is 18.3 Å². The van der Waals surface area contributed by atoms with Crippen molar-refractivity contribution in [2.24, 2.45) is 0 Å². The molecule has 0 fully saturated rings. The first kappa shape index (κ1) is 15.9. The van der Waals surface area contributed by atoms with Crippen molar-refractivity contribution in [3.05, 3.63) is 70.9 Å². The Hall–Kier alpha value is -2.95. The van der Waals surface area contributed by atoms with Crippen molar-refractivity contribution in [1.82, 2.24) is 15.2 Å². The smallest absolute Gasteiger partial charge is 0.249 e. The third-order valence-electron chi connectivity index (χ3n) is 4.00. The fourth-order valence-electron chi connectivity index (χ4n) is 2.35. The third kappa shape index (κ3) is 3.87. The Balaban J connectivity index is 1.69. The van der Waals surface area contributed by atoms with Gasteiger partial charge in [-0.05, 0) is 43.5 Å². The van der Waals surface area contributed by atoms with Crippen molar-refractivity contribution >= 4 is 17.5 Å². The molecule has 2 N–H and O–H groups in total. The molecule has 5 nitrogen and oxygen atoms in total. The lowest BCUT2D eigenvalue weighted by molar-refractivity contribution is 0.965. The molecular weight excluding hydrogens is 298 g/mol. The molecule has 0 aliphatic rings. The number of hydrogen-bond acceptors (Lipinski definition) is 5. The first-order valence-electron chi connectivity index (χ1n) is 7.94. The quantitative estimate of drug-likeness (QED) is 0.739. The molecule has 5 heteroatoms. The Labute approximate surface area is 142 Å². The number of aryl methyl sites for hydroxylation is 2. The van der Waals surface area contributed by atoms with Gasteiger partial charge in [0.05, 0.1) is 6.20 Å². The Bertz CT molecular complexity index is 827. The van der Waals surface area contributed by atoms with Crippen LogP contribution in [0.25, 0.3) is 0 Å². The molecular formula is C19H21N5. The van der Waals surface area contributed by atoms with Crippen LogP contribution in [0.2, 0.25) is 0 Å². The molecule has 0 saturated heterocycles. The SMILES string of the molecule is Cc1ccc(CNc2cnnc(Nc3cccc(C)c3C)n2)cc1. The van der Waals surface area contributed by atoms with E-state index in [-0.39, 0.29) is 0 Å². The van der Waals surface area contributed by atoms with Gasteiger partial charge in [-0.2, -0.15) is 10.1 Å². The van der Waals surface area contributed by atoms with Gasteiger partial charge in [0.2, 0.25) is 5.95 Å². The van der Waals surface area contributed by atoms with Crippen LogP contribution >= 0.6 is 0 Å². The number of nitrogens with zero attached hydrogens (tertiary/aromatic N) is 3. The van der Waals surface area contributed by atoms with Crippen LogP contribution in [0.5, 0.6) is 0 Å². The average Bonchev–Trinajstić information content (AvgIpc) is 2.59. The maximum Gasteiger partial charge on any atom is 0.249 e. The van der Waals surface area contributed by atoms with Crippen LogP contribution in [0, 0.1) is 20.8 Å². The fourth-order valence-corrected chi connectivity index (χ4v) is 2.35. The van der Waals surface area contributed by atoms with E-state index < -0.39 is 0 Å². The van der Waals surface area contributed by atoms with Crippen LogP contribution < -0.4 is 10.6 Å². The first-order valence-corrected chi connectivity index (χ1v) is 7.94. The van der Waals surface area contributed by atoms with Gasteiger partial charge < -0.3 is 10.6 Å². The molecule has 0 aliphatic heterocycles. The molecule has 2 aromatic carbocycles. The second-order valence-electron chi connectivity index (χ2n) is 5.88. The van der Waals surface area contributed by atoms with Gasteiger partial charge in [0.15, 0.2) is 5.82 Å². The van der Waals surface area contributed by atoms with Gasteiger partial charge in [0.1, 0.15) is 0 Å². The van der Waals surface area contributed by atoms with Crippen LogP contribution in [0.1, 0.15) is 22.3 Å². The van der Waals surface area contributed by atoms with E-state index in [1.54, 1.807) is 6.20 Å². The Kier molecular flexibility index (Phi) is 4.70. The average molecular weight is 319 g/mol. The Morgan fingerprint density at radius 1 is 0.958 bits per heavy atom. The third-order valence-corrected chi connectivity index (χ3v) is 4.00. The second kappa shape index (κ2) is 7.08. The maximum atomic E-state index is 4.48. The van der Waals surface area contributed by atoms with E-state index in [9.17, 15) is 0 Å². The highest BCUT2D eigenvalue weighted by atomic mass is 15.3. The van der Waals surface area contributed by atoms with E-state index in [1.165, 1.54) is 22.3 Å². The summed E-state index contributed by atoms with van der Waals surface area (Å²) < 4.78 is 0. The molecule has 0 aliphatic carbocycles. The lowest BCUT2D eigenvalue weighted by Gasteiger charge is -2.11. The van der Waals surface area contributed by atoms with Gasteiger partial charge in [-0.15, -0.1) is 5.10 Å². The molecule has 3 aromatic rings. The van der Waals surface area contributed by atoms with E-state index in [4.69, 9.17) is 0 Å². The predicted molar refractivity (Wildman–Crippen MR) is 97.5 cm³/mol. The van der Waals surface area contributed by atoms with Crippen LogP contribution in [-0.4, -0.2) is 15.2 Å². The number of aromatic nitrogens is 3. The molecule has 0 saturated carbocycles. The first-order chi connectivity index (χ1) is 11.6. The largest absolute Gasteiger partial charge is 0.365 e. The highest BCUT2D eigenvalue weighted by Crippen LogP contribution is 2.21. The highest BCUT2D eigenvalue weighted by molar-refractivity contribution is 5.60. The number of anilines is 3. The highest BCUT2D eigenvalue weighted by Gasteiger charge is 2.05. The molecule has 0 unspecified atom stereocenters. The fraction of sp³-hybridized carbons (Fsp3) is 0.211. The summed E-state index contributed by atoms with van der Waals surface area (Å²) in [5, 5.41) is 14.6. The topological polar surface area (TPSA) is 62.7 Å². The van der Waals surface area contributed by atoms with Gasteiger partial charge in [-0.1, -0.05) is 42.0 Å². The molecule has 0 bridgehead atoms. The lowest BCUT2D eigenvalue weighted by Crippen LogP contribution is -2.06. The number of hydrogen-bond donors (Lipinski definition) is 2. The van der Waals surface area contributed by atoms with Crippen molar-refractivity contribution in [2.45, 2.75) is 27.3 Å². The summed E-state index contributed by atoms with van der Waals surface area (Å²) in [6.07, 6.45) is 1.63. The van der Waals surface area contributed by atoms with E-state index in [1.807, 2.05) is 12.1 Å². The van der Waals surface area contributed by atoms with Gasteiger partial charge >= 0.3 is 0 Å². The second-order valence-corrected chi connectivity index (χ2v) is 5.88. The Morgan fingerprint density at radius 3 is 2.54 bits per heavy atom. The zero-order valence-corrected chi connectivity index (χ0v) is 14.2. The molecule has 0 radical (unpaired) electrons. The number of rotatable bonds is 5. The van der Waals surface area contributed by atoms with Crippen molar-refractivity contribution in [1.29, 1.82) is 0 Å². The number of benzene rings is 2. The zero-order valence-electron chi connectivity index (χ0n) is 14.2. The van der Waals surface area contributed by atoms with Crippen LogP contribution in [0.4, 0.5) is 17.5 Å². The van der Waals surface area contributed by atoms with Crippen molar-refractivity contribution in [3.8, 4) is 0 Å². The van der Waals surface area contributed by atoms with Crippen LogP contribution in [0.15, 0.2) is 48.7 Å². The monoisotopic (exact) mass is 319 g/mol. The summed E-state index contributed by atoms with van der Waals surface area (Å²) in [6, 6.07) is 14.5. The van der Waals surface area contributed by atoms with E-state index in [2.05, 4.69) is 76.9 Å². The molecule has 0 amide bonds. The van der Waals surface area contributed by atoms with Gasteiger partial charge in [-0.3, -0.25) is 0 Å². The van der Waals surface area contributed by atoms with Crippen molar-refractivity contribution < 1.29 is 0 Å². The lowest BCUT2D eigenvalue weighted by atomic mass is 10.1. The Morgan fingerprint density at radius 2 is 1.75 bits per heavy atom. The minimum Gasteiger partial charge on any atom is -0.365 e. The summed E-state index contributed by atoms with van der Waals surface area (Å²) in [7, 11) is 0. The minimum absolute atomic E-state index is 0.484. The minimum atomic E-state index is 0.484. The molecule has 1 heterocycles. The standard InChI is InChI=1S/C19H21N5/c1-13-7-9-16(10-8-13)11-20-18-12-21-24-19(23-18)22-17-6-4-5-14(2)15(17)3/h4-10,12H,11H2,1-3H3,(H2,20,22,23,24). The normalized spacial score (nSPS) is 10.5. The van der Waals surface area contributed by atoms with Gasteiger partial charge in [0.25, 0.3) is 0 Å². The van der Waals surface area contributed by atoms with Crippen molar-refractivity contribution in [2.75, 3.05) is 10.6 Å². The molecule has 0 spiro atoms. The summed E-state index contributed by atoms with van der Waals surface area (Å²) in [4.78, 5) is 4.48. The van der Waals surface area contributed by atoms with Crippen molar-refractivity contribution in [3.63, 3.8) is 0 Å².